The van der Waals surface area contributed by atoms with Gasteiger partial charge in [0.15, 0.2) is 6.61 Å². The average molecular weight is 318 g/mol. The Balaban J connectivity index is 1.94. The Morgan fingerprint density at radius 3 is 2.59 bits per heavy atom. The molecule has 0 aromatic heterocycles. The van der Waals surface area contributed by atoms with Gasteiger partial charge in [-0.25, -0.2) is 4.79 Å². The van der Waals surface area contributed by atoms with Crippen LogP contribution < -0.4 is 5.32 Å². The molecule has 0 saturated carbocycles. The van der Waals surface area contributed by atoms with E-state index in [1.807, 2.05) is 32.0 Å². The minimum absolute atomic E-state index is 0.240. The Hall–Kier alpha value is -2.33. The Labute approximate surface area is 134 Å². The van der Waals surface area contributed by atoms with Crippen LogP contribution in [0.5, 0.6) is 0 Å². The first kappa shape index (κ1) is 16.0. The highest BCUT2D eigenvalue weighted by atomic mass is 35.5. The molecule has 0 unspecified atom stereocenters. The summed E-state index contributed by atoms with van der Waals surface area (Å²) in [7, 11) is 0. The summed E-state index contributed by atoms with van der Waals surface area (Å²) >= 11 is 5.90. The van der Waals surface area contributed by atoms with E-state index in [9.17, 15) is 9.59 Å². The second kappa shape index (κ2) is 7.09. The van der Waals surface area contributed by atoms with Gasteiger partial charge < -0.3 is 10.1 Å². The first-order valence-electron chi connectivity index (χ1n) is 6.76. The van der Waals surface area contributed by atoms with Crippen LogP contribution in [-0.4, -0.2) is 18.5 Å². The summed E-state index contributed by atoms with van der Waals surface area (Å²) < 4.78 is 4.98. The summed E-state index contributed by atoms with van der Waals surface area (Å²) in [4.78, 5) is 23.7. The van der Waals surface area contributed by atoms with E-state index in [1.54, 1.807) is 24.3 Å². The number of ether oxygens (including phenoxy) is 1. The highest BCUT2D eigenvalue weighted by Gasteiger charge is 2.13. The molecule has 114 valence electrons. The van der Waals surface area contributed by atoms with Crippen LogP contribution in [0.2, 0.25) is 5.02 Å². The molecule has 0 aliphatic rings. The van der Waals surface area contributed by atoms with Gasteiger partial charge in [-0.05, 0) is 43.2 Å². The number of nitrogens with one attached hydrogen (secondary N) is 1. The molecule has 0 bridgehead atoms. The highest BCUT2D eigenvalue weighted by molar-refractivity contribution is 6.33. The number of rotatable bonds is 4. The van der Waals surface area contributed by atoms with Gasteiger partial charge in [-0.1, -0.05) is 35.9 Å². The van der Waals surface area contributed by atoms with Gasteiger partial charge in [0.2, 0.25) is 0 Å². The highest BCUT2D eigenvalue weighted by Crippen LogP contribution is 2.17. The number of anilines is 1. The fourth-order valence-electron chi connectivity index (χ4n) is 1.89. The van der Waals surface area contributed by atoms with Gasteiger partial charge in [-0.2, -0.15) is 0 Å². The van der Waals surface area contributed by atoms with Gasteiger partial charge in [0, 0.05) is 5.69 Å². The first-order chi connectivity index (χ1) is 10.5. The molecule has 0 fully saturated rings. The number of hydrogen-bond donors (Lipinski definition) is 1. The maximum absolute atomic E-state index is 11.9. The summed E-state index contributed by atoms with van der Waals surface area (Å²) in [5.74, 6) is -1.02. The quantitative estimate of drug-likeness (QED) is 0.874. The van der Waals surface area contributed by atoms with Crippen molar-refractivity contribution in [1.29, 1.82) is 0 Å². The van der Waals surface area contributed by atoms with Crippen LogP contribution in [0.15, 0.2) is 42.5 Å². The second-order valence-corrected chi connectivity index (χ2v) is 5.33. The molecule has 2 aromatic carbocycles. The minimum Gasteiger partial charge on any atom is -0.452 e. The molecular formula is C17H16ClNO3. The van der Waals surface area contributed by atoms with Crippen molar-refractivity contribution >= 4 is 29.2 Å². The fourth-order valence-corrected chi connectivity index (χ4v) is 2.11. The van der Waals surface area contributed by atoms with Crippen molar-refractivity contribution in [2.45, 2.75) is 13.8 Å². The van der Waals surface area contributed by atoms with Crippen molar-refractivity contribution < 1.29 is 14.3 Å². The van der Waals surface area contributed by atoms with Gasteiger partial charge >= 0.3 is 5.97 Å². The molecule has 2 rings (SSSR count). The molecule has 2 aromatic rings. The summed E-state index contributed by atoms with van der Waals surface area (Å²) in [6.45, 7) is 3.47. The predicted molar refractivity (Wildman–Crippen MR) is 86.3 cm³/mol. The molecule has 22 heavy (non-hydrogen) atoms. The minimum atomic E-state index is -0.623. The molecule has 0 heterocycles. The smallest absolute Gasteiger partial charge is 0.340 e. The van der Waals surface area contributed by atoms with Crippen molar-refractivity contribution in [3.8, 4) is 0 Å². The number of amides is 1. The van der Waals surface area contributed by atoms with Crippen LogP contribution in [0.3, 0.4) is 0 Å². The predicted octanol–water partition coefficient (Wildman–Crippen LogP) is 3.75. The Kier molecular flexibility index (Phi) is 5.17. The van der Waals surface area contributed by atoms with Crippen molar-refractivity contribution in [1.82, 2.24) is 0 Å². The molecular weight excluding hydrogens is 302 g/mol. The van der Waals surface area contributed by atoms with E-state index in [2.05, 4.69) is 5.32 Å². The normalized spacial score (nSPS) is 10.1. The van der Waals surface area contributed by atoms with Crippen molar-refractivity contribution in [2.24, 2.45) is 0 Å². The van der Waals surface area contributed by atoms with E-state index in [-0.39, 0.29) is 12.2 Å². The van der Waals surface area contributed by atoms with E-state index in [1.165, 1.54) is 0 Å². The van der Waals surface area contributed by atoms with E-state index in [0.717, 1.165) is 11.1 Å². The molecule has 0 spiro atoms. The third-order valence-electron chi connectivity index (χ3n) is 3.10. The van der Waals surface area contributed by atoms with Crippen LogP contribution in [0.1, 0.15) is 21.5 Å². The summed E-state index contributed by atoms with van der Waals surface area (Å²) in [6.07, 6.45) is 0. The molecule has 0 saturated heterocycles. The third-order valence-corrected chi connectivity index (χ3v) is 3.42. The molecule has 1 N–H and O–H groups in total. The number of carbonyl (C=O) groups is 2. The number of benzene rings is 2. The monoisotopic (exact) mass is 317 g/mol. The molecule has 5 heteroatoms. The van der Waals surface area contributed by atoms with E-state index in [4.69, 9.17) is 16.3 Å². The van der Waals surface area contributed by atoms with Gasteiger partial charge in [-0.15, -0.1) is 0 Å². The number of esters is 1. The lowest BCUT2D eigenvalue weighted by atomic mass is 10.1. The lowest BCUT2D eigenvalue weighted by molar-refractivity contribution is -0.119. The number of hydrogen-bond acceptors (Lipinski definition) is 3. The lowest BCUT2D eigenvalue weighted by Gasteiger charge is -2.10. The average Bonchev–Trinajstić information content (AvgIpc) is 2.49. The second-order valence-electron chi connectivity index (χ2n) is 4.92. The Bertz CT molecular complexity index is 713. The van der Waals surface area contributed by atoms with E-state index < -0.39 is 11.9 Å². The van der Waals surface area contributed by atoms with Crippen LogP contribution in [0.25, 0.3) is 0 Å². The van der Waals surface area contributed by atoms with Crippen molar-refractivity contribution in [2.75, 3.05) is 11.9 Å². The molecule has 4 nitrogen and oxygen atoms in total. The zero-order chi connectivity index (χ0) is 16.1. The Morgan fingerprint density at radius 2 is 1.86 bits per heavy atom. The lowest BCUT2D eigenvalue weighted by Crippen LogP contribution is -2.21. The van der Waals surface area contributed by atoms with E-state index in [0.29, 0.717) is 10.7 Å². The van der Waals surface area contributed by atoms with Gasteiger partial charge in [0.25, 0.3) is 5.91 Å². The summed E-state index contributed by atoms with van der Waals surface area (Å²) in [6, 6.07) is 12.3. The first-order valence-corrected chi connectivity index (χ1v) is 7.14. The number of aryl methyl sites for hydroxylation is 2. The molecule has 1 amide bonds. The number of halogens is 1. The van der Waals surface area contributed by atoms with Crippen LogP contribution in [0, 0.1) is 13.8 Å². The standard InChI is InChI=1S/C17H16ClNO3/c1-11-7-8-12(2)15(9-11)19-16(20)10-22-17(21)13-5-3-4-6-14(13)18/h3-9H,10H2,1-2H3,(H,19,20). The van der Waals surface area contributed by atoms with Gasteiger partial charge in [0.1, 0.15) is 0 Å². The van der Waals surface area contributed by atoms with Crippen LogP contribution >= 0.6 is 11.6 Å². The van der Waals surface area contributed by atoms with E-state index >= 15 is 0 Å². The van der Waals surface area contributed by atoms with Crippen molar-refractivity contribution in [3.05, 3.63) is 64.2 Å². The van der Waals surface area contributed by atoms with Crippen LogP contribution in [0.4, 0.5) is 5.69 Å². The fraction of sp³-hybridized carbons (Fsp3) is 0.176. The van der Waals surface area contributed by atoms with Gasteiger partial charge in [0.05, 0.1) is 10.6 Å². The Morgan fingerprint density at radius 1 is 1.14 bits per heavy atom. The molecule has 0 atom stereocenters. The summed E-state index contributed by atoms with van der Waals surface area (Å²) in [5.41, 5.74) is 2.92. The van der Waals surface area contributed by atoms with Crippen molar-refractivity contribution in [3.63, 3.8) is 0 Å². The maximum atomic E-state index is 11.9. The largest absolute Gasteiger partial charge is 0.452 e. The topological polar surface area (TPSA) is 55.4 Å². The number of carbonyl (C=O) groups excluding carboxylic acids is 2. The molecule has 0 aliphatic heterocycles. The zero-order valence-electron chi connectivity index (χ0n) is 12.4. The molecule has 0 radical (unpaired) electrons. The SMILES string of the molecule is Cc1ccc(C)c(NC(=O)COC(=O)c2ccccc2Cl)c1. The summed E-state index contributed by atoms with van der Waals surface area (Å²) in [5, 5.41) is 3.02. The maximum Gasteiger partial charge on any atom is 0.340 e. The van der Waals surface area contributed by atoms with Crippen LogP contribution in [-0.2, 0) is 9.53 Å². The van der Waals surface area contributed by atoms with Gasteiger partial charge in [-0.3, -0.25) is 4.79 Å². The zero-order valence-corrected chi connectivity index (χ0v) is 13.1. The third kappa shape index (κ3) is 4.09. The molecule has 0 aliphatic carbocycles.